The van der Waals surface area contributed by atoms with E-state index in [2.05, 4.69) is 5.32 Å². The van der Waals surface area contributed by atoms with Crippen LogP contribution in [0.1, 0.15) is 20.8 Å². The Hall–Kier alpha value is -2.68. The number of ether oxygens (including phenoxy) is 4. The lowest BCUT2D eigenvalue weighted by atomic mass is 10.2. The first-order valence-electron chi connectivity index (χ1n) is 8.02. The minimum absolute atomic E-state index is 0.104. The standard InChI is InChI=1S/C17H22ClNO8/c1-9(2)16(22)25-10(3)26-17(23)19-8-14(15(20)21)27-13-7-11(18)5-6-12(13)24-4/h5-7,9-10,14H,8H2,1-4H3,(H,19,23)(H,20,21)/t10-,14+/m1/s1. The Bertz CT molecular complexity index is 679. The normalized spacial score (nSPS) is 12.7. The number of hydrogen-bond donors (Lipinski definition) is 2. The van der Waals surface area contributed by atoms with Gasteiger partial charge in [0.2, 0.25) is 12.4 Å². The average molecular weight is 404 g/mol. The first-order valence-corrected chi connectivity index (χ1v) is 8.39. The Morgan fingerprint density at radius 2 is 1.81 bits per heavy atom. The van der Waals surface area contributed by atoms with Crippen LogP contribution >= 0.6 is 11.6 Å². The van der Waals surface area contributed by atoms with Crippen LogP contribution in [0.25, 0.3) is 0 Å². The third kappa shape index (κ3) is 7.61. The number of methoxy groups -OCH3 is 1. The summed E-state index contributed by atoms with van der Waals surface area (Å²) < 4.78 is 20.1. The molecule has 0 saturated heterocycles. The second-order valence-corrected chi connectivity index (χ2v) is 6.12. The highest BCUT2D eigenvalue weighted by Gasteiger charge is 2.24. The number of carboxylic acids is 1. The number of esters is 1. The van der Waals surface area contributed by atoms with E-state index in [-0.39, 0.29) is 17.4 Å². The predicted octanol–water partition coefficient (Wildman–Crippen LogP) is 2.45. The summed E-state index contributed by atoms with van der Waals surface area (Å²) in [5.41, 5.74) is 0. The van der Waals surface area contributed by atoms with Crippen LogP contribution in [0.5, 0.6) is 11.5 Å². The van der Waals surface area contributed by atoms with Gasteiger partial charge in [0.1, 0.15) is 0 Å². The molecule has 0 saturated carbocycles. The average Bonchev–Trinajstić information content (AvgIpc) is 2.58. The van der Waals surface area contributed by atoms with Crippen molar-refractivity contribution in [2.75, 3.05) is 13.7 Å². The zero-order valence-corrected chi connectivity index (χ0v) is 16.1. The summed E-state index contributed by atoms with van der Waals surface area (Å²) >= 11 is 5.87. The fourth-order valence-electron chi connectivity index (χ4n) is 1.77. The number of aliphatic carboxylic acids is 1. The molecule has 0 aliphatic carbocycles. The Labute approximate surface area is 161 Å². The smallest absolute Gasteiger partial charge is 0.410 e. The molecule has 1 rings (SSSR count). The molecule has 0 fully saturated rings. The van der Waals surface area contributed by atoms with E-state index in [9.17, 15) is 19.5 Å². The predicted molar refractivity (Wildman–Crippen MR) is 94.9 cm³/mol. The fourth-order valence-corrected chi connectivity index (χ4v) is 1.93. The van der Waals surface area contributed by atoms with Crippen LogP contribution in [0, 0.1) is 5.92 Å². The van der Waals surface area contributed by atoms with E-state index >= 15 is 0 Å². The van der Waals surface area contributed by atoms with Crippen LogP contribution in [0.15, 0.2) is 18.2 Å². The number of carboxylic acid groups (broad SMARTS) is 1. The third-order valence-electron chi connectivity index (χ3n) is 3.13. The SMILES string of the molecule is COc1ccc(Cl)cc1O[C@@H](CNC(=O)O[C@H](C)OC(=O)C(C)C)C(=O)O. The number of carbonyl (C=O) groups is 3. The highest BCUT2D eigenvalue weighted by molar-refractivity contribution is 6.30. The minimum Gasteiger partial charge on any atom is -0.493 e. The Morgan fingerprint density at radius 3 is 2.37 bits per heavy atom. The second kappa shape index (κ2) is 10.5. The van der Waals surface area contributed by atoms with Crippen molar-refractivity contribution >= 4 is 29.6 Å². The largest absolute Gasteiger partial charge is 0.493 e. The molecule has 0 aromatic heterocycles. The van der Waals surface area contributed by atoms with Gasteiger partial charge in [-0.2, -0.15) is 0 Å². The monoisotopic (exact) mass is 403 g/mol. The lowest BCUT2D eigenvalue weighted by Crippen LogP contribution is -2.41. The number of alkyl carbamates (subject to hydrolysis) is 1. The molecule has 0 spiro atoms. The topological polar surface area (TPSA) is 120 Å². The van der Waals surface area contributed by atoms with Gasteiger partial charge in [0, 0.05) is 18.0 Å². The molecule has 0 radical (unpaired) electrons. The summed E-state index contributed by atoms with van der Waals surface area (Å²) in [5, 5.41) is 11.8. The van der Waals surface area contributed by atoms with Gasteiger partial charge in [-0.25, -0.2) is 9.59 Å². The summed E-state index contributed by atoms with van der Waals surface area (Å²) in [7, 11) is 1.39. The molecule has 0 aliphatic rings. The van der Waals surface area contributed by atoms with Crippen LogP contribution < -0.4 is 14.8 Å². The van der Waals surface area contributed by atoms with Gasteiger partial charge in [-0.3, -0.25) is 4.79 Å². The summed E-state index contributed by atoms with van der Waals surface area (Å²) in [5.74, 6) is -1.85. The summed E-state index contributed by atoms with van der Waals surface area (Å²) in [6.07, 6.45) is -3.53. The minimum atomic E-state index is -1.43. The van der Waals surface area contributed by atoms with Crippen molar-refractivity contribution in [2.45, 2.75) is 33.2 Å². The lowest BCUT2D eigenvalue weighted by molar-refractivity contribution is -0.168. The van der Waals surface area contributed by atoms with Crippen molar-refractivity contribution in [1.29, 1.82) is 0 Å². The number of amides is 1. The van der Waals surface area contributed by atoms with Crippen LogP contribution in [0.3, 0.4) is 0 Å². The van der Waals surface area contributed by atoms with Crippen molar-refractivity contribution in [3.05, 3.63) is 23.2 Å². The number of benzene rings is 1. The van der Waals surface area contributed by atoms with Crippen molar-refractivity contribution in [1.82, 2.24) is 5.32 Å². The van der Waals surface area contributed by atoms with Gasteiger partial charge < -0.3 is 29.4 Å². The Morgan fingerprint density at radius 1 is 1.15 bits per heavy atom. The van der Waals surface area contributed by atoms with E-state index in [0.717, 1.165) is 0 Å². The summed E-state index contributed by atoms with van der Waals surface area (Å²) in [6.45, 7) is 4.22. The molecule has 1 aromatic carbocycles. The molecule has 1 amide bonds. The van der Waals surface area contributed by atoms with Crippen LogP contribution in [0.2, 0.25) is 5.02 Å². The van der Waals surface area contributed by atoms with Crippen molar-refractivity contribution in [3.63, 3.8) is 0 Å². The van der Waals surface area contributed by atoms with Gasteiger partial charge in [-0.1, -0.05) is 25.4 Å². The van der Waals surface area contributed by atoms with Gasteiger partial charge in [0.05, 0.1) is 19.6 Å². The van der Waals surface area contributed by atoms with E-state index in [1.807, 2.05) is 0 Å². The third-order valence-corrected chi connectivity index (χ3v) is 3.36. The van der Waals surface area contributed by atoms with Gasteiger partial charge in [0.25, 0.3) is 0 Å². The molecule has 0 bridgehead atoms. The van der Waals surface area contributed by atoms with Crippen LogP contribution in [-0.4, -0.2) is 49.2 Å². The highest BCUT2D eigenvalue weighted by Crippen LogP contribution is 2.30. The van der Waals surface area contributed by atoms with Gasteiger partial charge in [-0.05, 0) is 12.1 Å². The molecular formula is C17H22ClNO8. The zero-order chi connectivity index (χ0) is 20.6. The number of rotatable bonds is 9. The highest BCUT2D eigenvalue weighted by atomic mass is 35.5. The molecule has 150 valence electrons. The van der Waals surface area contributed by atoms with E-state index in [1.54, 1.807) is 19.9 Å². The van der Waals surface area contributed by atoms with Gasteiger partial charge >= 0.3 is 18.0 Å². The molecule has 2 atom stereocenters. The van der Waals surface area contributed by atoms with E-state index in [4.69, 9.17) is 30.5 Å². The molecule has 9 nitrogen and oxygen atoms in total. The Balaban J connectivity index is 2.63. The van der Waals surface area contributed by atoms with E-state index in [1.165, 1.54) is 26.2 Å². The molecule has 0 unspecified atom stereocenters. The molecule has 27 heavy (non-hydrogen) atoms. The van der Waals surface area contributed by atoms with Gasteiger partial charge in [-0.15, -0.1) is 0 Å². The van der Waals surface area contributed by atoms with E-state index < -0.39 is 37.0 Å². The zero-order valence-electron chi connectivity index (χ0n) is 15.4. The Kier molecular flexibility index (Phi) is 8.67. The summed E-state index contributed by atoms with van der Waals surface area (Å²) in [4.78, 5) is 34.6. The van der Waals surface area contributed by atoms with Crippen LogP contribution in [0.4, 0.5) is 4.79 Å². The maximum Gasteiger partial charge on any atom is 0.410 e. The maximum atomic E-state index is 11.7. The van der Waals surface area contributed by atoms with E-state index in [0.29, 0.717) is 5.02 Å². The second-order valence-electron chi connectivity index (χ2n) is 5.69. The van der Waals surface area contributed by atoms with Crippen molar-refractivity contribution in [2.24, 2.45) is 5.92 Å². The first kappa shape index (κ1) is 22.4. The molecule has 0 aliphatic heterocycles. The number of nitrogens with one attached hydrogen (secondary N) is 1. The molecule has 0 heterocycles. The number of carbonyl (C=O) groups excluding carboxylic acids is 2. The molecule has 10 heteroatoms. The maximum absolute atomic E-state index is 11.7. The lowest BCUT2D eigenvalue weighted by Gasteiger charge is -2.19. The number of hydrogen-bond acceptors (Lipinski definition) is 7. The molecular weight excluding hydrogens is 382 g/mol. The van der Waals surface area contributed by atoms with Crippen LogP contribution in [-0.2, 0) is 19.1 Å². The molecule has 2 N–H and O–H groups in total. The summed E-state index contributed by atoms with van der Waals surface area (Å²) in [6, 6.07) is 4.46. The van der Waals surface area contributed by atoms with Gasteiger partial charge in [0.15, 0.2) is 11.5 Å². The van der Waals surface area contributed by atoms with Crippen molar-refractivity contribution in [3.8, 4) is 11.5 Å². The van der Waals surface area contributed by atoms with Crippen molar-refractivity contribution < 1.29 is 38.4 Å². The quantitative estimate of drug-likeness (QED) is 0.476. The fraction of sp³-hybridized carbons (Fsp3) is 0.471. The molecule has 1 aromatic rings. The number of halogens is 1. The first-order chi connectivity index (χ1) is 12.6.